The number of aryl methyl sites for hydroxylation is 1. The molecule has 0 bridgehead atoms. The molecule has 0 unspecified atom stereocenters. The van der Waals surface area contributed by atoms with E-state index in [4.69, 9.17) is 5.10 Å². The predicted octanol–water partition coefficient (Wildman–Crippen LogP) is 3.80. The van der Waals surface area contributed by atoms with Gasteiger partial charge in [-0.05, 0) is 43.5 Å². The van der Waals surface area contributed by atoms with Gasteiger partial charge in [0.1, 0.15) is 16.3 Å². The molecule has 5 aromatic rings. The number of fused-ring (bicyclic) bond motifs is 2. The summed E-state index contributed by atoms with van der Waals surface area (Å²) in [7, 11) is 0. The van der Waals surface area contributed by atoms with Crippen LogP contribution in [0, 0.1) is 6.92 Å². The van der Waals surface area contributed by atoms with Crippen molar-refractivity contribution in [2.24, 2.45) is 0 Å². The maximum Gasteiger partial charge on any atom is 0.235 e. The number of likely N-dealkylation sites (tertiary alicyclic amines) is 1. The zero-order chi connectivity index (χ0) is 20.1. The average molecular weight is 416 g/mol. The van der Waals surface area contributed by atoms with Crippen LogP contribution in [0.15, 0.2) is 54.7 Å². The maximum atomic E-state index is 4.87. The average Bonchev–Trinajstić information content (AvgIpc) is 3.52. The van der Waals surface area contributed by atoms with Crippen molar-refractivity contribution in [2.75, 3.05) is 13.1 Å². The number of rotatable bonds is 4. The molecule has 0 N–H and O–H groups in total. The van der Waals surface area contributed by atoms with Crippen LogP contribution < -0.4 is 0 Å². The number of nitrogens with zero attached hydrogens (tertiary/aromatic N) is 7. The Labute approximate surface area is 177 Å². The fourth-order valence-electron chi connectivity index (χ4n) is 4.42. The van der Waals surface area contributed by atoms with E-state index in [0.717, 1.165) is 52.5 Å². The summed E-state index contributed by atoms with van der Waals surface area (Å²) in [5, 5.41) is 14.7. The van der Waals surface area contributed by atoms with Gasteiger partial charge in [-0.15, -0.1) is 10.2 Å². The summed E-state index contributed by atoms with van der Waals surface area (Å²) in [5.74, 6) is 1.35. The number of aromatic nitrogens is 6. The fourth-order valence-corrected chi connectivity index (χ4v) is 5.29. The Morgan fingerprint density at radius 1 is 1.07 bits per heavy atom. The van der Waals surface area contributed by atoms with Gasteiger partial charge in [0.05, 0.1) is 12.2 Å². The number of hydrogen-bond donors (Lipinski definition) is 0. The molecule has 0 amide bonds. The molecule has 6 rings (SSSR count). The van der Waals surface area contributed by atoms with Gasteiger partial charge in [0.25, 0.3) is 0 Å². The third-order valence-corrected chi connectivity index (χ3v) is 6.73. The van der Waals surface area contributed by atoms with E-state index in [1.807, 2.05) is 35.8 Å². The lowest BCUT2D eigenvalue weighted by molar-refractivity contribution is 0.325. The summed E-state index contributed by atoms with van der Waals surface area (Å²) in [6, 6.07) is 16.8. The molecule has 30 heavy (non-hydrogen) atoms. The molecule has 0 aliphatic carbocycles. The summed E-state index contributed by atoms with van der Waals surface area (Å²) < 4.78 is 3.92. The third kappa shape index (κ3) is 2.91. The maximum absolute atomic E-state index is 4.87. The van der Waals surface area contributed by atoms with Gasteiger partial charge in [0.2, 0.25) is 10.8 Å². The van der Waals surface area contributed by atoms with Crippen molar-refractivity contribution in [2.45, 2.75) is 25.8 Å². The first kappa shape index (κ1) is 17.7. The van der Waals surface area contributed by atoms with Crippen molar-refractivity contribution >= 4 is 21.9 Å². The second-order valence-corrected chi connectivity index (χ2v) is 8.86. The summed E-state index contributed by atoms with van der Waals surface area (Å²) >= 11 is 1.62. The van der Waals surface area contributed by atoms with Crippen LogP contribution in [-0.4, -0.2) is 47.2 Å². The highest BCUT2D eigenvalue weighted by Crippen LogP contribution is 2.30. The molecule has 5 heterocycles. The molecule has 1 fully saturated rings. The van der Waals surface area contributed by atoms with Gasteiger partial charge in [-0.25, -0.2) is 4.98 Å². The molecule has 0 radical (unpaired) electrons. The van der Waals surface area contributed by atoms with Crippen LogP contribution in [0.5, 0.6) is 0 Å². The quantitative estimate of drug-likeness (QED) is 0.447. The first-order valence-electron chi connectivity index (χ1n) is 10.2. The van der Waals surface area contributed by atoms with E-state index >= 15 is 0 Å². The largest absolute Gasteiger partial charge is 0.297 e. The topological polar surface area (TPSA) is 63.6 Å². The van der Waals surface area contributed by atoms with Crippen molar-refractivity contribution in [1.29, 1.82) is 0 Å². The zero-order valence-electron chi connectivity index (χ0n) is 16.6. The van der Waals surface area contributed by atoms with Gasteiger partial charge in [-0.2, -0.15) is 9.61 Å². The van der Waals surface area contributed by atoms with Crippen molar-refractivity contribution in [1.82, 2.24) is 34.1 Å². The lowest BCUT2D eigenvalue weighted by Crippen LogP contribution is -2.19. The second kappa shape index (κ2) is 7.00. The highest BCUT2D eigenvalue weighted by molar-refractivity contribution is 7.16. The molecule has 7 nitrogen and oxygen atoms in total. The van der Waals surface area contributed by atoms with Crippen LogP contribution in [0.2, 0.25) is 0 Å². The van der Waals surface area contributed by atoms with E-state index in [1.54, 1.807) is 11.3 Å². The van der Waals surface area contributed by atoms with Crippen LogP contribution in [0.1, 0.15) is 28.6 Å². The Balaban J connectivity index is 1.28. The molecule has 1 aromatic carbocycles. The number of benzene rings is 1. The molecule has 1 saturated heterocycles. The lowest BCUT2D eigenvalue weighted by Gasteiger charge is -2.14. The number of pyridine rings is 1. The molecule has 0 saturated carbocycles. The zero-order valence-corrected chi connectivity index (χ0v) is 17.5. The second-order valence-electron chi connectivity index (χ2n) is 7.82. The number of imidazole rings is 1. The standard InChI is InChI=1S/C22H21N7S/c1-15-20(28-11-6-5-9-18(28)23-15)21-24-25-22-29(21)26-19(30-22)14-27-12-10-17(13-27)16-7-3-2-4-8-16/h2-9,11,17H,10,12-14H2,1H3/t17-/m1/s1. The minimum Gasteiger partial charge on any atom is -0.297 e. The normalized spacial score (nSPS) is 17.4. The minimum atomic E-state index is 0.605. The third-order valence-electron chi connectivity index (χ3n) is 5.85. The van der Waals surface area contributed by atoms with Crippen LogP contribution in [0.4, 0.5) is 0 Å². The van der Waals surface area contributed by atoms with Gasteiger partial charge in [-0.1, -0.05) is 47.7 Å². The van der Waals surface area contributed by atoms with Crippen LogP contribution in [0.3, 0.4) is 0 Å². The van der Waals surface area contributed by atoms with E-state index in [1.165, 1.54) is 12.0 Å². The van der Waals surface area contributed by atoms with Crippen molar-refractivity contribution in [3.8, 4) is 11.5 Å². The molecule has 1 aliphatic heterocycles. The van der Waals surface area contributed by atoms with Gasteiger partial charge < -0.3 is 0 Å². The van der Waals surface area contributed by atoms with E-state index in [2.05, 4.69) is 54.8 Å². The SMILES string of the molecule is Cc1nc2ccccn2c1-c1nnc2sc(CN3CC[C@@H](c4ccccc4)C3)nn12. The van der Waals surface area contributed by atoms with Gasteiger partial charge in [-0.3, -0.25) is 9.30 Å². The summed E-state index contributed by atoms with van der Waals surface area (Å²) in [6.45, 7) is 5.02. The Bertz CT molecular complexity index is 1330. The molecular weight excluding hydrogens is 394 g/mol. The Morgan fingerprint density at radius 2 is 1.93 bits per heavy atom. The smallest absolute Gasteiger partial charge is 0.235 e. The van der Waals surface area contributed by atoms with E-state index in [0.29, 0.717) is 5.92 Å². The Morgan fingerprint density at radius 3 is 2.83 bits per heavy atom. The van der Waals surface area contributed by atoms with Crippen molar-refractivity contribution in [3.63, 3.8) is 0 Å². The van der Waals surface area contributed by atoms with Crippen molar-refractivity contribution in [3.05, 3.63) is 71.0 Å². The minimum absolute atomic E-state index is 0.605. The van der Waals surface area contributed by atoms with Crippen molar-refractivity contribution < 1.29 is 0 Å². The van der Waals surface area contributed by atoms with Crippen LogP contribution in [0.25, 0.3) is 22.1 Å². The summed E-state index contributed by atoms with van der Waals surface area (Å²) in [6.07, 6.45) is 3.20. The van der Waals surface area contributed by atoms with E-state index < -0.39 is 0 Å². The molecule has 1 atom stereocenters. The Kier molecular flexibility index (Phi) is 4.14. The number of hydrogen-bond acceptors (Lipinski definition) is 6. The lowest BCUT2D eigenvalue weighted by atomic mass is 9.99. The predicted molar refractivity (Wildman–Crippen MR) is 117 cm³/mol. The van der Waals surface area contributed by atoms with Gasteiger partial charge >= 0.3 is 0 Å². The first-order valence-corrected chi connectivity index (χ1v) is 11.0. The fraction of sp³-hybridized carbons (Fsp3) is 0.273. The molecule has 1 aliphatic rings. The summed E-state index contributed by atoms with van der Waals surface area (Å²) in [4.78, 5) is 7.96. The van der Waals surface area contributed by atoms with E-state index in [-0.39, 0.29) is 0 Å². The van der Waals surface area contributed by atoms with Gasteiger partial charge in [0.15, 0.2) is 0 Å². The molecule has 150 valence electrons. The molecule has 8 heteroatoms. The first-order chi connectivity index (χ1) is 14.8. The molecular formula is C22H21N7S. The molecule has 4 aromatic heterocycles. The van der Waals surface area contributed by atoms with Crippen LogP contribution in [-0.2, 0) is 6.54 Å². The highest BCUT2D eigenvalue weighted by atomic mass is 32.1. The highest BCUT2D eigenvalue weighted by Gasteiger charge is 2.25. The monoisotopic (exact) mass is 415 g/mol. The summed E-state index contributed by atoms with van der Waals surface area (Å²) in [5.41, 5.74) is 4.21. The van der Waals surface area contributed by atoms with E-state index in [9.17, 15) is 0 Å². The van der Waals surface area contributed by atoms with Crippen LogP contribution >= 0.6 is 11.3 Å². The van der Waals surface area contributed by atoms with Gasteiger partial charge in [0, 0.05) is 12.7 Å². The molecule has 0 spiro atoms. The Hall–Kier alpha value is -3.10.